The van der Waals surface area contributed by atoms with Crippen LogP contribution in [-0.4, -0.2) is 28.8 Å². The van der Waals surface area contributed by atoms with E-state index in [1.807, 2.05) is 60.6 Å². The number of hydrogen-bond acceptors (Lipinski definition) is 4. The molecular formula is C20H23N3SSi. The zero-order valence-electron chi connectivity index (χ0n) is 14.9. The summed E-state index contributed by atoms with van der Waals surface area (Å²) in [4.78, 5) is 15.0. The summed E-state index contributed by atoms with van der Waals surface area (Å²) < 4.78 is 0. The average Bonchev–Trinajstić information content (AvgIpc) is 2.62. The fourth-order valence-electron chi connectivity index (χ4n) is 2.35. The van der Waals surface area contributed by atoms with E-state index in [0.29, 0.717) is 0 Å². The Hall–Kier alpha value is -1.98. The lowest BCUT2D eigenvalue weighted by molar-refractivity contribution is 1.19. The molecule has 0 atom stereocenters. The maximum absolute atomic E-state index is 4.80. The Bertz CT molecular complexity index is 760. The fourth-order valence-corrected chi connectivity index (χ4v) is 5.84. The molecule has 3 aromatic rings. The van der Waals surface area contributed by atoms with Gasteiger partial charge in [-0.2, -0.15) is 0 Å². The molecule has 3 nitrogen and oxygen atoms in total. The molecular weight excluding hydrogens is 342 g/mol. The first kappa shape index (κ1) is 17.8. The monoisotopic (exact) mass is 365 g/mol. The van der Waals surface area contributed by atoms with Crippen molar-refractivity contribution in [1.82, 2.24) is 15.0 Å². The Kier molecular flexibility index (Phi) is 5.66. The first-order chi connectivity index (χ1) is 12.0. The van der Waals surface area contributed by atoms with Crippen molar-refractivity contribution in [2.45, 2.75) is 30.6 Å². The van der Waals surface area contributed by atoms with Crippen LogP contribution in [0.5, 0.6) is 0 Å². The second kappa shape index (κ2) is 7.93. The zero-order chi connectivity index (χ0) is 17.7. The van der Waals surface area contributed by atoms with E-state index in [9.17, 15) is 0 Å². The summed E-state index contributed by atoms with van der Waals surface area (Å²) in [6.45, 7) is 7.25. The minimum Gasteiger partial charge on any atom is -0.255 e. The lowest BCUT2D eigenvalue weighted by Crippen LogP contribution is -2.19. The lowest BCUT2D eigenvalue weighted by Gasteiger charge is -2.15. The van der Waals surface area contributed by atoms with Crippen molar-refractivity contribution in [3.63, 3.8) is 0 Å². The van der Waals surface area contributed by atoms with Crippen LogP contribution < -0.4 is 0 Å². The van der Waals surface area contributed by atoms with Crippen molar-refractivity contribution in [3.05, 3.63) is 60.9 Å². The summed E-state index contributed by atoms with van der Waals surface area (Å²) in [6, 6.07) is 17.4. The smallest absolute Gasteiger partial charge is 0.0905 e. The molecule has 3 aromatic heterocycles. The fraction of sp³-hybridized carbons (Fsp3) is 0.250. The van der Waals surface area contributed by atoms with Gasteiger partial charge in [0.05, 0.1) is 22.8 Å². The minimum absolute atomic E-state index is 0.896. The Labute approximate surface area is 155 Å². The maximum Gasteiger partial charge on any atom is 0.0905 e. The van der Waals surface area contributed by atoms with Crippen LogP contribution in [0.2, 0.25) is 25.7 Å². The minimum atomic E-state index is -1.03. The van der Waals surface area contributed by atoms with Crippen LogP contribution in [0.15, 0.2) is 65.8 Å². The standard InChI is InChI=1S/C20H23N3SSi/c1-25(2,3)13-12-24-16-14-19(17-8-4-6-10-21-17)23-20(15-16)18-9-5-7-11-22-18/h4-11,14-15H,12-13H2,1-3H3. The van der Waals surface area contributed by atoms with Crippen molar-refractivity contribution in [2.75, 3.05) is 5.75 Å². The maximum atomic E-state index is 4.80. The van der Waals surface area contributed by atoms with E-state index in [1.54, 1.807) is 0 Å². The number of rotatable bonds is 6. The van der Waals surface area contributed by atoms with Crippen molar-refractivity contribution < 1.29 is 0 Å². The Morgan fingerprint density at radius 2 is 1.36 bits per heavy atom. The second-order valence-corrected chi connectivity index (χ2v) is 14.0. The molecule has 0 aromatic carbocycles. The lowest BCUT2D eigenvalue weighted by atomic mass is 10.2. The molecule has 0 amide bonds. The van der Waals surface area contributed by atoms with E-state index in [4.69, 9.17) is 4.98 Å². The normalized spacial score (nSPS) is 11.5. The molecule has 0 radical (unpaired) electrons. The van der Waals surface area contributed by atoms with Gasteiger partial charge in [0.1, 0.15) is 0 Å². The van der Waals surface area contributed by atoms with Gasteiger partial charge in [0.15, 0.2) is 0 Å². The SMILES string of the molecule is C[Si](C)(C)CCSc1cc(-c2ccccn2)nc(-c2ccccn2)c1. The highest BCUT2D eigenvalue weighted by Crippen LogP contribution is 2.29. The van der Waals surface area contributed by atoms with Gasteiger partial charge in [-0.3, -0.25) is 9.97 Å². The van der Waals surface area contributed by atoms with E-state index in [0.717, 1.165) is 28.5 Å². The highest BCUT2D eigenvalue weighted by atomic mass is 32.2. The Morgan fingerprint density at radius 3 is 1.80 bits per heavy atom. The van der Waals surface area contributed by atoms with Crippen molar-refractivity contribution in [3.8, 4) is 22.8 Å². The van der Waals surface area contributed by atoms with Crippen LogP contribution in [-0.2, 0) is 0 Å². The van der Waals surface area contributed by atoms with Gasteiger partial charge in [0.25, 0.3) is 0 Å². The van der Waals surface area contributed by atoms with Crippen LogP contribution in [0.25, 0.3) is 22.8 Å². The van der Waals surface area contributed by atoms with Crippen LogP contribution in [0.1, 0.15) is 0 Å². The molecule has 0 aliphatic heterocycles. The quantitative estimate of drug-likeness (QED) is 0.419. The molecule has 128 valence electrons. The van der Waals surface area contributed by atoms with Gasteiger partial charge in [0.2, 0.25) is 0 Å². The third-order valence-corrected chi connectivity index (χ3v) is 6.86. The highest BCUT2D eigenvalue weighted by molar-refractivity contribution is 7.99. The molecule has 0 saturated carbocycles. The summed E-state index contributed by atoms with van der Waals surface area (Å²) in [5, 5.41) is 0. The molecule has 0 bridgehead atoms. The summed E-state index contributed by atoms with van der Waals surface area (Å²) >= 11 is 1.90. The van der Waals surface area contributed by atoms with Crippen molar-refractivity contribution in [1.29, 1.82) is 0 Å². The van der Waals surface area contributed by atoms with E-state index < -0.39 is 8.07 Å². The predicted octanol–water partition coefficient (Wildman–Crippen LogP) is 5.64. The zero-order valence-corrected chi connectivity index (χ0v) is 16.8. The molecule has 0 unspecified atom stereocenters. The van der Waals surface area contributed by atoms with Gasteiger partial charge in [-0.15, -0.1) is 11.8 Å². The van der Waals surface area contributed by atoms with Crippen molar-refractivity contribution in [2.24, 2.45) is 0 Å². The van der Waals surface area contributed by atoms with E-state index in [-0.39, 0.29) is 0 Å². The topological polar surface area (TPSA) is 38.7 Å². The third-order valence-electron chi connectivity index (χ3n) is 3.77. The molecule has 3 rings (SSSR count). The number of thioether (sulfide) groups is 1. The molecule has 0 fully saturated rings. The summed E-state index contributed by atoms with van der Waals surface area (Å²) in [5.41, 5.74) is 3.60. The number of hydrogen-bond donors (Lipinski definition) is 0. The Balaban J connectivity index is 1.94. The molecule has 0 spiro atoms. The van der Waals surface area contributed by atoms with Gasteiger partial charge < -0.3 is 0 Å². The average molecular weight is 366 g/mol. The predicted molar refractivity (Wildman–Crippen MR) is 110 cm³/mol. The van der Waals surface area contributed by atoms with E-state index in [2.05, 4.69) is 41.7 Å². The van der Waals surface area contributed by atoms with Crippen LogP contribution >= 0.6 is 11.8 Å². The van der Waals surface area contributed by atoms with Gasteiger partial charge in [-0.05, 0) is 48.2 Å². The van der Waals surface area contributed by atoms with Gasteiger partial charge >= 0.3 is 0 Å². The van der Waals surface area contributed by atoms with Crippen LogP contribution in [0, 0.1) is 0 Å². The molecule has 5 heteroatoms. The van der Waals surface area contributed by atoms with Crippen LogP contribution in [0.4, 0.5) is 0 Å². The molecule has 3 heterocycles. The summed E-state index contributed by atoms with van der Waals surface area (Å²) in [6.07, 6.45) is 3.62. The van der Waals surface area contributed by atoms with Crippen molar-refractivity contribution >= 4 is 19.8 Å². The first-order valence-corrected chi connectivity index (χ1v) is 13.2. The largest absolute Gasteiger partial charge is 0.255 e. The number of nitrogens with zero attached hydrogens (tertiary/aromatic N) is 3. The van der Waals surface area contributed by atoms with E-state index in [1.165, 1.54) is 10.9 Å². The second-order valence-electron chi connectivity index (χ2n) is 7.16. The summed E-state index contributed by atoms with van der Waals surface area (Å²) in [5.74, 6) is 1.14. The number of pyridine rings is 3. The molecule has 0 aliphatic rings. The summed E-state index contributed by atoms with van der Waals surface area (Å²) in [7, 11) is -1.03. The van der Waals surface area contributed by atoms with Gasteiger partial charge in [-0.25, -0.2) is 4.98 Å². The molecule has 25 heavy (non-hydrogen) atoms. The first-order valence-electron chi connectivity index (χ1n) is 8.49. The van der Waals surface area contributed by atoms with Gasteiger partial charge in [-0.1, -0.05) is 31.8 Å². The number of aromatic nitrogens is 3. The Morgan fingerprint density at radius 1 is 0.800 bits per heavy atom. The molecule has 0 N–H and O–H groups in total. The van der Waals surface area contributed by atoms with Crippen LogP contribution in [0.3, 0.4) is 0 Å². The van der Waals surface area contributed by atoms with E-state index >= 15 is 0 Å². The third kappa shape index (κ3) is 5.24. The van der Waals surface area contributed by atoms with Gasteiger partial charge in [0, 0.05) is 25.4 Å². The highest BCUT2D eigenvalue weighted by Gasteiger charge is 2.14. The molecule has 0 saturated heterocycles. The molecule has 0 aliphatic carbocycles.